The molecule has 8 rings (SSSR count). The molecule has 0 aliphatic carbocycles. The standard InChI is InChI=1S/C24H21BrN4O5S2.C16H15BrN4O4S2.C8H7BrO.C2H3N.CH2O3.2CH4.2Cs.H/c1-33-18-9-7-16(8-10-18)14-29(24-27-23(25)28-35-24)36(31,32)19-11-12-20(26)22(13-19)34-15-21(30)17-5-3-2-4-6-17;1-25-11-4-2-10(3-5-11)9-21(16-19-15(17)20-26-16)27(23,24)12-6-7-13(18)14(22)8-12;9-6-8(10)7-4-2-1-3-5-7;1-2-3;2-1-4-3;;;;;/h2-13H,14-15,26H2,1H3;2-8,22H,9,18H2,1H3;1-5H,6H2;1H3;1,3H;2*1H4;;;/q;;;;;;;2*+1;-1/p-1. The Balaban J connectivity index is 0. The van der Waals surface area contributed by atoms with Crippen molar-refractivity contribution in [3.63, 3.8) is 0 Å². The van der Waals surface area contributed by atoms with Crippen LogP contribution in [0, 0.1) is 11.3 Å². The molecule has 0 unspecified atom stereocenters. The Kier molecular flexibility index (Phi) is 39.9. The molecule has 0 bridgehead atoms. The van der Waals surface area contributed by atoms with Crippen molar-refractivity contribution in [3.8, 4) is 29.1 Å². The van der Waals surface area contributed by atoms with Crippen LogP contribution in [0.2, 0.25) is 0 Å². The van der Waals surface area contributed by atoms with E-state index in [0.29, 0.717) is 28.0 Å². The number of hydrogen-bond donors (Lipinski definition) is 3. The number of anilines is 4. The summed E-state index contributed by atoms with van der Waals surface area (Å²) in [6.07, 6.45) is 0. The van der Waals surface area contributed by atoms with Crippen molar-refractivity contribution in [3.05, 3.63) is 177 Å². The number of phenols is 1. The number of benzene rings is 6. The van der Waals surface area contributed by atoms with Crippen LogP contribution >= 0.6 is 70.9 Å². The molecule has 84 heavy (non-hydrogen) atoms. The van der Waals surface area contributed by atoms with Gasteiger partial charge in [-0.15, -0.1) is 0 Å². The maximum Gasteiger partial charge on any atom is 1.00 e. The van der Waals surface area contributed by atoms with Gasteiger partial charge in [-0.25, -0.2) is 25.4 Å². The van der Waals surface area contributed by atoms with Crippen molar-refractivity contribution in [2.45, 2.75) is 44.7 Å². The average Bonchev–Trinajstić information content (AvgIpc) is 4.36. The summed E-state index contributed by atoms with van der Waals surface area (Å²) < 4.78 is 80.8. The number of alkyl halides is 1. The molecule has 0 radical (unpaired) electrons. The SMILES string of the molecule is C.C.CC#N.COc1ccc(CN(c2nc(Br)ns2)S(=O)(=O)c2ccc(N)c(O)c2)cc1.COc1ccc(CN(c2nc(Br)ns2)S(=O)(=O)c2ccc(N)c(OCC(=O)c3ccccc3)c2)cc1.O=C(CBr)c1ccccc1.O=CO[O-].[Cs+].[Cs+].[H-]. The third kappa shape index (κ3) is 25.3. The summed E-state index contributed by atoms with van der Waals surface area (Å²) in [5.41, 5.74) is 14.6. The average molecular weight is 1660 g/mol. The molecule has 22 nitrogen and oxygen atoms in total. The number of nitrogens with zero attached hydrogens (tertiary/aromatic N) is 7. The molecule has 0 aliphatic heterocycles. The number of carbonyl (C=O) groups excluding carboxylic acids is 3. The second-order valence-corrected chi connectivity index (χ2v) is 22.4. The van der Waals surface area contributed by atoms with E-state index in [1.807, 2.05) is 30.3 Å². The van der Waals surface area contributed by atoms with E-state index in [1.165, 1.54) is 37.3 Å². The fourth-order valence-corrected chi connectivity index (χ4v) is 11.9. The van der Waals surface area contributed by atoms with Crippen molar-refractivity contribution in [1.82, 2.24) is 18.7 Å². The van der Waals surface area contributed by atoms with Gasteiger partial charge in [-0.05, 0) is 91.5 Å². The van der Waals surface area contributed by atoms with E-state index in [-0.39, 0.29) is 244 Å². The van der Waals surface area contributed by atoms with Crippen molar-refractivity contribution < 1.29 is 200 Å². The number of methoxy groups -OCH3 is 2. The molecule has 0 spiro atoms. The number of hydrogen-bond acceptors (Lipinski definition) is 22. The fourth-order valence-electron chi connectivity index (χ4n) is 6.19. The summed E-state index contributed by atoms with van der Waals surface area (Å²) in [4.78, 5) is 42.8. The quantitative estimate of drug-likeness (QED) is 0.0195. The van der Waals surface area contributed by atoms with E-state index in [1.54, 1.807) is 99.2 Å². The molecular formula is C53H56Br3Cs2N9O13S4. The van der Waals surface area contributed by atoms with Gasteiger partial charge in [0.2, 0.25) is 19.7 Å². The van der Waals surface area contributed by atoms with Crippen molar-refractivity contribution >= 4 is 131 Å². The number of ether oxygens (including phenoxy) is 3. The van der Waals surface area contributed by atoms with Gasteiger partial charge in [-0.1, -0.05) is 116 Å². The summed E-state index contributed by atoms with van der Waals surface area (Å²) in [5.74, 6) is 0.957. The van der Waals surface area contributed by atoms with Gasteiger partial charge in [-0.3, -0.25) is 14.4 Å². The van der Waals surface area contributed by atoms with Gasteiger partial charge < -0.3 is 42.4 Å². The van der Waals surface area contributed by atoms with Gasteiger partial charge in [0.05, 0.1) is 59.9 Å². The molecular weight excluding hydrogens is 1600 g/mol. The molecule has 31 heteroatoms. The number of nitrogen functional groups attached to an aromatic ring is 2. The van der Waals surface area contributed by atoms with E-state index in [2.05, 4.69) is 71.4 Å². The summed E-state index contributed by atoms with van der Waals surface area (Å²) in [5, 5.41) is 26.3. The monoisotopic (exact) mass is 1660 g/mol. The van der Waals surface area contributed by atoms with Crippen LogP contribution < -0.4 is 177 Å². The van der Waals surface area contributed by atoms with Crippen LogP contribution in [0.3, 0.4) is 0 Å². The number of carbonyl (C=O) groups is 3. The molecule has 438 valence electrons. The number of halogens is 3. The van der Waals surface area contributed by atoms with Crippen LogP contribution in [0.5, 0.6) is 23.0 Å². The number of nitrogens with two attached hydrogens (primary N) is 2. The number of phenolic OH excluding ortho intramolecular Hbond substituents is 1. The first kappa shape index (κ1) is 80.5. The van der Waals surface area contributed by atoms with Gasteiger partial charge in [0, 0.05) is 53.2 Å². The number of sulfonamides is 2. The molecule has 2 heterocycles. The number of Topliss-reactive ketones (excluding diaryl/α,β-unsaturated/α-hetero) is 2. The third-order valence-corrected chi connectivity index (χ3v) is 16.9. The Hall–Kier alpha value is -3.46. The topological polar surface area (TPSA) is 334 Å². The smallest absolute Gasteiger partial charge is 1.00 e. The molecule has 8 aromatic rings. The van der Waals surface area contributed by atoms with Crippen molar-refractivity contribution in [2.24, 2.45) is 0 Å². The first-order valence-electron chi connectivity index (χ1n) is 22.4. The number of rotatable bonds is 19. The van der Waals surface area contributed by atoms with Crippen LogP contribution in [0.15, 0.2) is 165 Å². The molecule has 2 aromatic heterocycles. The zero-order chi connectivity index (χ0) is 58.8. The second-order valence-electron chi connectivity index (χ2n) is 15.2. The van der Waals surface area contributed by atoms with Gasteiger partial charge in [0.1, 0.15) is 23.0 Å². The molecule has 5 N–H and O–H groups in total. The number of aromatic hydroxyl groups is 1. The Bertz CT molecular complexity index is 3570. The number of ketones is 2. The fraction of sp³-hybridized carbons (Fsp3) is 0.170. The van der Waals surface area contributed by atoms with Crippen LogP contribution in [0.1, 0.15) is 55.0 Å². The van der Waals surface area contributed by atoms with E-state index in [0.717, 1.165) is 48.9 Å². The van der Waals surface area contributed by atoms with E-state index < -0.39 is 20.0 Å². The van der Waals surface area contributed by atoms with E-state index in [9.17, 15) is 31.5 Å². The molecule has 0 amide bonds. The van der Waals surface area contributed by atoms with Gasteiger partial charge in [-0.2, -0.15) is 24.0 Å². The maximum atomic E-state index is 13.8. The third-order valence-electron chi connectivity index (χ3n) is 10.1. The Morgan fingerprint density at radius 3 is 1.42 bits per heavy atom. The molecule has 0 atom stereocenters. The largest absolute Gasteiger partial charge is 1.00 e. The predicted molar refractivity (Wildman–Crippen MR) is 325 cm³/mol. The second kappa shape index (κ2) is 41.7. The normalized spacial score (nSPS) is 9.88. The summed E-state index contributed by atoms with van der Waals surface area (Å²) in [7, 11) is -5.03. The minimum absolute atomic E-state index is 0. The summed E-state index contributed by atoms with van der Waals surface area (Å²) >= 11 is 11.3. The zero-order valence-corrected chi connectivity index (χ0v) is 64.7. The van der Waals surface area contributed by atoms with E-state index >= 15 is 0 Å². The zero-order valence-electron chi connectivity index (χ0n) is 45.2. The van der Waals surface area contributed by atoms with Crippen molar-refractivity contribution in [2.75, 3.05) is 46.2 Å². The first-order valence-corrected chi connectivity index (χ1v) is 29.6. The van der Waals surface area contributed by atoms with Crippen LogP contribution in [-0.2, 0) is 42.8 Å². The number of aromatic nitrogens is 4. The predicted octanol–water partition coefficient (Wildman–Crippen LogP) is 4.16. The Morgan fingerprint density at radius 2 is 1.07 bits per heavy atom. The van der Waals surface area contributed by atoms with Crippen LogP contribution in [0.4, 0.5) is 21.6 Å². The summed E-state index contributed by atoms with van der Waals surface area (Å²) in [6.45, 7) is 0.983. The molecule has 0 saturated carbocycles. The minimum Gasteiger partial charge on any atom is -1.00 e. The van der Waals surface area contributed by atoms with Gasteiger partial charge in [0.25, 0.3) is 26.5 Å². The Morgan fingerprint density at radius 1 is 0.690 bits per heavy atom. The number of nitriles is 1. The van der Waals surface area contributed by atoms with Gasteiger partial charge >= 0.3 is 138 Å². The molecule has 0 fully saturated rings. The minimum atomic E-state index is -4.12. The summed E-state index contributed by atoms with van der Waals surface area (Å²) in [6, 6.07) is 41.6. The van der Waals surface area contributed by atoms with Crippen molar-refractivity contribution in [1.29, 1.82) is 5.26 Å². The van der Waals surface area contributed by atoms with Crippen LogP contribution in [-0.4, -0.2) is 84.9 Å². The molecule has 6 aromatic carbocycles. The van der Waals surface area contributed by atoms with Crippen LogP contribution in [0.25, 0.3) is 0 Å². The first-order chi connectivity index (χ1) is 38.3. The van der Waals surface area contributed by atoms with Gasteiger partial charge in [0.15, 0.2) is 18.2 Å². The Labute approximate surface area is 640 Å². The maximum absolute atomic E-state index is 13.8. The van der Waals surface area contributed by atoms with E-state index in [4.69, 9.17) is 41.0 Å². The molecule has 0 saturated heterocycles. The molecule has 0 aliphatic rings.